The lowest BCUT2D eigenvalue weighted by Gasteiger charge is -2.27. The van der Waals surface area contributed by atoms with Crippen molar-refractivity contribution in [3.8, 4) is 17.2 Å². The van der Waals surface area contributed by atoms with Gasteiger partial charge in [0, 0.05) is 18.5 Å². The molecule has 0 aliphatic carbocycles. The zero-order valence-electron chi connectivity index (χ0n) is 21.2. The molecule has 3 aliphatic rings. The van der Waals surface area contributed by atoms with Gasteiger partial charge in [-0.05, 0) is 60.2 Å². The fourth-order valence-corrected chi connectivity index (χ4v) is 6.16. The highest BCUT2D eigenvalue weighted by Crippen LogP contribution is 2.41. The molecule has 198 valence electrons. The van der Waals surface area contributed by atoms with Crippen LogP contribution in [-0.2, 0) is 9.59 Å². The molecule has 0 spiro atoms. The van der Waals surface area contributed by atoms with Crippen LogP contribution in [0.5, 0.6) is 17.2 Å². The van der Waals surface area contributed by atoms with E-state index < -0.39 is 6.04 Å². The molecule has 5 rings (SSSR count). The number of hydrogen-bond donors (Lipinski definition) is 1. The van der Waals surface area contributed by atoms with Gasteiger partial charge in [-0.1, -0.05) is 23.9 Å². The van der Waals surface area contributed by atoms with Crippen LogP contribution >= 0.6 is 23.5 Å². The van der Waals surface area contributed by atoms with Crippen LogP contribution in [-0.4, -0.2) is 65.0 Å². The zero-order chi connectivity index (χ0) is 26.6. The summed E-state index contributed by atoms with van der Waals surface area (Å²) in [5, 5.41) is 8.46. The number of benzene rings is 2. The van der Waals surface area contributed by atoms with Crippen LogP contribution in [0.4, 0.5) is 0 Å². The van der Waals surface area contributed by atoms with Crippen LogP contribution in [0.2, 0.25) is 0 Å². The van der Waals surface area contributed by atoms with Gasteiger partial charge in [0.2, 0.25) is 5.91 Å². The van der Waals surface area contributed by atoms with Gasteiger partial charge in [-0.2, -0.15) is 10.1 Å². The van der Waals surface area contributed by atoms with Gasteiger partial charge in [0.25, 0.3) is 5.91 Å². The van der Waals surface area contributed by atoms with Crippen molar-refractivity contribution < 1.29 is 23.8 Å². The molecule has 2 amide bonds. The Morgan fingerprint density at radius 3 is 2.68 bits per heavy atom. The molecular formula is C26H27N5O5S2. The van der Waals surface area contributed by atoms with Crippen LogP contribution in [0.3, 0.4) is 0 Å². The first kappa shape index (κ1) is 26.0. The maximum atomic E-state index is 13.6. The van der Waals surface area contributed by atoms with E-state index in [1.807, 2.05) is 48.5 Å². The Kier molecular flexibility index (Phi) is 7.79. The summed E-state index contributed by atoms with van der Waals surface area (Å²) in [5.41, 5.74) is 5.77. The number of para-hydroxylation sites is 1. The minimum absolute atomic E-state index is 0.138. The fourth-order valence-electron chi connectivity index (χ4n) is 4.30. The molecule has 0 radical (unpaired) electrons. The van der Waals surface area contributed by atoms with E-state index in [1.165, 1.54) is 23.5 Å². The summed E-state index contributed by atoms with van der Waals surface area (Å²) >= 11 is 2.64. The largest absolute Gasteiger partial charge is 0.497 e. The van der Waals surface area contributed by atoms with Gasteiger partial charge < -0.3 is 14.2 Å². The minimum atomic E-state index is -0.444. The molecule has 3 aliphatic heterocycles. The standard InChI is InChI=1S/C26H27N5O5S2/c1-34-17-11-9-16(10-12-17)19-14-20(18-6-4-7-21(35-2)24(18)36-3)31(28-19)23(33)15-37-26-29-30-13-5-8-22(32)27-25(30)38-26/h4,6-7,9-12,14,20,28H,5,8,13,15H2,1-3H3. The van der Waals surface area contributed by atoms with E-state index in [0.29, 0.717) is 40.4 Å². The maximum absolute atomic E-state index is 13.6. The maximum Gasteiger partial charge on any atom is 0.252 e. The molecule has 2 aromatic rings. The Morgan fingerprint density at radius 1 is 1.13 bits per heavy atom. The highest BCUT2D eigenvalue weighted by molar-refractivity contribution is 8.45. The average Bonchev–Trinajstić information content (AvgIpc) is 3.51. The molecular weight excluding hydrogens is 526 g/mol. The predicted octanol–water partition coefficient (Wildman–Crippen LogP) is 3.87. The van der Waals surface area contributed by atoms with Crippen LogP contribution in [0.1, 0.15) is 30.0 Å². The summed E-state index contributed by atoms with van der Waals surface area (Å²) in [5.74, 6) is 1.74. The number of nitrogens with zero attached hydrogens (tertiary/aromatic N) is 4. The summed E-state index contributed by atoms with van der Waals surface area (Å²) in [6.07, 6.45) is 3.12. The van der Waals surface area contributed by atoms with E-state index in [0.717, 1.165) is 22.6 Å². The van der Waals surface area contributed by atoms with E-state index >= 15 is 0 Å². The lowest BCUT2D eigenvalue weighted by atomic mass is 10.0. The van der Waals surface area contributed by atoms with Crippen molar-refractivity contribution in [3.63, 3.8) is 0 Å². The normalized spacial score (nSPS) is 18.7. The molecule has 38 heavy (non-hydrogen) atoms. The number of hydrazone groups is 1. The second-order valence-corrected chi connectivity index (χ2v) is 10.7. The highest BCUT2D eigenvalue weighted by atomic mass is 32.2. The Balaban J connectivity index is 1.38. The number of rotatable bonds is 7. The van der Waals surface area contributed by atoms with Crippen molar-refractivity contribution in [2.75, 3.05) is 33.6 Å². The first-order valence-corrected chi connectivity index (χ1v) is 13.7. The van der Waals surface area contributed by atoms with E-state index in [9.17, 15) is 9.59 Å². The quantitative estimate of drug-likeness (QED) is 0.547. The third-order valence-electron chi connectivity index (χ3n) is 6.17. The lowest BCUT2D eigenvalue weighted by molar-refractivity contribution is -0.131. The molecule has 1 unspecified atom stereocenters. The second-order valence-electron chi connectivity index (χ2n) is 8.48. The Morgan fingerprint density at radius 2 is 1.95 bits per heavy atom. The van der Waals surface area contributed by atoms with Gasteiger partial charge in [-0.3, -0.25) is 15.0 Å². The van der Waals surface area contributed by atoms with Crippen LogP contribution in [0, 0.1) is 0 Å². The molecule has 3 heterocycles. The summed E-state index contributed by atoms with van der Waals surface area (Å²) in [6, 6.07) is 12.8. The van der Waals surface area contributed by atoms with Gasteiger partial charge in [0.05, 0.1) is 32.8 Å². The smallest absolute Gasteiger partial charge is 0.252 e. The molecule has 0 aromatic heterocycles. The average molecular weight is 554 g/mol. The highest BCUT2D eigenvalue weighted by Gasteiger charge is 2.34. The Hall–Kier alpha value is -3.64. The first-order valence-electron chi connectivity index (χ1n) is 11.9. The molecule has 10 nitrogen and oxygen atoms in total. The topological polar surface area (TPSA) is 105 Å². The van der Waals surface area contributed by atoms with Gasteiger partial charge in [0.15, 0.2) is 21.0 Å². The third kappa shape index (κ3) is 5.32. The van der Waals surface area contributed by atoms with Crippen molar-refractivity contribution >= 4 is 50.6 Å². The number of amidine groups is 1. The number of amides is 2. The Labute approximate surface area is 229 Å². The number of thioether (sulfide) groups is 2. The summed E-state index contributed by atoms with van der Waals surface area (Å²) in [4.78, 5) is 29.6. The summed E-state index contributed by atoms with van der Waals surface area (Å²) in [7, 11) is 4.79. The summed E-state index contributed by atoms with van der Waals surface area (Å²) < 4.78 is 17.2. The number of hydrogen-bond acceptors (Lipinski definition) is 10. The van der Waals surface area contributed by atoms with Gasteiger partial charge in [-0.15, -0.1) is 0 Å². The molecule has 1 atom stereocenters. The molecule has 1 N–H and O–H groups in total. The number of fused-ring (bicyclic) bond motifs is 1. The molecule has 12 heteroatoms. The van der Waals surface area contributed by atoms with Gasteiger partial charge in [-0.25, -0.2) is 10.0 Å². The molecule has 2 aromatic carbocycles. The van der Waals surface area contributed by atoms with Gasteiger partial charge >= 0.3 is 0 Å². The van der Waals surface area contributed by atoms with E-state index in [4.69, 9.17) is 14.2 Å². The van der Waals surface area contributed by atoms with Crippen molar-refractivity contribution in [1.82, 2.24) is 15.4 Å². The second kappa shape index (κ2) is 11.4. The summed E-state index contributed by atoms with van der Waals surface area (Å²) in [6.45, 7) is 0.635. The van der Waals surface area contributed by atoms with Crippen molar-refractivity contribution in [2.45, 2.75) is 18.9 Å². The Bertz CT molecular complexity index is 1330. The number of methoxy groups -OCH3 is 3. The molecule has 0 bridgehead atoms. The minimum Gasteiger partial charge on any atom is -0.497 e. The fraction of sp³-hybridized carbons (Fsp3) is 0.308. The first-order chi connectivity index (χ1) is 18.5. The number of hydrazine groups is 1. The number of carbonyl (C=O) groups excluding carboxylic acids is 2. The van der Waals surface area contributed by atoms with Crippen LogP contribution < -0.4 is 19.6 Å². The molecule has 0 saturated carbocycles. The number of nitrogens with one attached hydrogen (secondary N) is 1. The van der Waals surface area contributed by atoms with E-state index in [1.54, 1.807) is 31.3 Å². The van der Waals surface area contributed by atoms with Crippen LogP contribution in [0.25, 0.3) is 5.70 Å². The third-order valence-corrected chi connectivity index (χ3v) is 8.23. The molecule has 0 saturated heterocycles. The number of aliphatic imine (C=N–C) groups is 1. The van der Waals surface area contributed by atoms with Gasteiger partial charge in [0.1, 0.15) is 11.8 Å². The van der Waals surface area contributed by atoms with Crippen molar-refractivity contribution in [1.29, 1.82) is 0 Å². The molecule has 0 fully saturated rings. The van der Waals surface area contributed by atoms with Crippen molar-refractivity contribution in [2.24, 2.45) is 10.1 Å². The van der Waals surface area contributed by atoms with Crippen LogP contribution in [0.15, 0.2) is 58.6 Å². The zero-order valence-corrected chi connectivity index (χ0v) is 22.8. The number of carbonyl (C=O) groups is 2. The predicted molar refractivity (Wildman–Crippen MR) is 149 cm³/mol. The number of ether oxygens (including phenoxy) is 3. The lowest BCUT2D eigenvalue weighted by Crippen LogP contribution is -2.40. The van der Waals surface area contributed by atoms with Crippen molar-refractivity contribution in [3.05, 3.63) is 59.7 Å². The van der Waals surface area contributed by atoms with E-state index in [2.05, 4.69) is 15.5 Å². The SMILES string of the molecule is COc1ccc(C2=CC(c3cccc(OC)c3OC)N(C(=O)CSC3=NN4CCCC(=O)N=C4S3)N2)cc1. The monoisotopic (exact) mass is 553 g/mol. The van der Waals surface area contributed by atoms with E-state index in [-0.39, 0.29) is 17.6 Å².